The van der Waals surface area contributed by atoms with Crippen molar-refractivity contribution in [3.8, 4) is 0 Å². The number of piperidine rings is 1. The second kappa shape index (κ2) is 10.6. The van der Waals surface area contributed by atoms with Gasteiger partial charge in [0.15, 0.2) is 0 Å². The van der Waals surface area contributed by atoms with Crippen molar-refractivity contribution in [3.63, 3.8) is 0 Å². The number of para-hydroxylation sites is 1. The van der Waals surface area contributed by atoms with Crippen molar-refractivity contribution in [2.24, 2.45) is 5.92 Å². The highest BCUT2D eigenvalue weighted by molar-refractivity contribution is 5.95. The summed E-state index contributed by atoms with van der Waals surface area (Å²) in [5.74, 6) is 0.184. The molecule has 29 heavy (non-hydrogen) atoms. The highest BCUT2D eigenvalue weighted by Crippen LogP contribution is 2.19. The van der Waals surface area contributed by atoms with Crippen LogP contribution in [0.4, 0.5) is 5.69 Å². The minimum atomic E-state index is 0.0171. The number of carbonyl (C=O) groups excluding carboxylic acids is 2. The van der Waals surface area contributed by atoms with Gasteiger partial charge in [-0.25, -0.2) is 0 Å². The molecule has 0 aliphatic carbocycles. The lowest BCUT2D eigenvalue weighted by atomic mass is 9.95. The Morgan fingerprint density at radius 1 is 1.03 bits per heavy atom. The molecule has 1 N–H and O–H groups in total. The normalized spacial score (nSPS) is 14.9. The average Bonchev–Trinajstić information content (AvgIpc) is 2.77. The van der Waals surface area contributed by atoms with Crippen LogP contribution in [0.15, 0.2) is 73.3 Å². The van der Waals surface area contributed by atoms with E-state index >= 15 is 0 Å². The molecule has 1 aliphatic heterocycles. The van der Waals surface area contributed by atoms with Gasteiger partial charge in [-0.15, -0.1) is 6.58 Å². The zero-order valence-corrected chi connectivity index (χ0v) is 16.8. The maximum absolute atomic E-state index is 12.8. The maximum atomic E-state index is 12.8. The Kier molecular flexibility index (Phi) is 7.59. The number of nitrogens with zero attached hydrogens (tertiary/aromatic N) is 2. The summed E-state index contributed by atoms with van der Waals surface area (Å²) in [5.41, 5.74) is 1.99. The number of likely N-dealkylation sites (tertiary alicyclic amines) is 1. The molecule has 1 fully saturated rings. The minimum absolute atomic E-state index is 0.0171. The van der Waals surface area contributed by atoms with Crippen molar-refractivity contribution in [2.45, 2.75) is 19.4 Å². The van der Waals surface area contributed by atoms with E-state index in [1.165, 1.54) is 0 Å². The highest BCUT2D eigenvalue weighted by atomic mass is 16.2. The van der Waals surface area contributed by atoms with Crippen LogP contribution in [0, 0.1) is 5.92 Å². The molecule has 2 aromatic carbocycles. The monoisotopic (exact) mass is 391 g/mol. The molecule has 0 atom stereocenters. The first-order valence-corrected chi connectivity index (χ1v) is 10.2. The van der Waals surface area contributed by atoms with Crippen molar-refractivity contribution in [1.29, 1.82) is 0 Å². The Labute approximate surface area is 173 Å². The standard InChI is InChI=1S/C24H29N3O2/c1-2-15-27(22-11-7-4-8-12-22)23(28)19-26-16-13-21(14-17-26)24(29)25-18-20-9-5-3-6-10-20/h2-12,21H,1,13-19H2,(H,25,29). The molecule has 5 nitrogen and oxygen atoms in total. The first-order chi connectivity index (χ1) is 14.2. The van der Waals surface area contributed by atoms with Gasteiger partial charge in [0.2, 0.25) is 11.8 Å². The third kappa shape index (κ3) is 6.03. The van der Waals surface area contributed by atoms with Crippen molar-refractivity contribution < 1.29 is 9.59 Å². The number of carbonyl (C=O) groups is 2. The number of nitrogens with one attached hydrogen (secondary N) is 1. The Bertz CT molecular complexity index is 799. The third-order valence-electron chi connectivity index (χ3n) is 5.31. The molecule has 1 heterocycles. The van der Waals surface area contributed by atoms with Crippen LogP contribution in [-0.4, -0.2) is 42.9 Å². The molecule has 5 heteroatoms. The zero-order valence-electron chi connectivity index (χ0n) is 16.8. The quantitative estimate of drug-likeness (QED) is 0.703. The van der Waals surface area contributed by atoms with Gasteiger partial charge in [0.05, 0.1) is 6.54 Å². The molecule has 0 unspecified atom stereocenters. The van der Waals surface area contributed by atoms with Crippen LogP contribution in [0.2, 0.25) is 0 Å². The smallest absolute Gasteiger partial charge is 0.241 e. The van der Waals surface area contributed by atoms with E-state index in [0.29, 0.717) is 19.6 Å². The molecule has 0 radical (unpaired) electrons. The van der Waals surface area contributed by atoms with Gasteiger partial charge in [0.1, 0.15) is 0 Å². The molecule has 2 amide bonds. The maximum Gasteiger partial charge on any atom is 0.241 e. The lowest BCUT2D eigenvalue weighted by Gasteiger charge is -2.32. The van der Waals surface area contributed by atoms with Gasteiger partial charge in [-0.1, -0.05) is 54.6 Å². The molecule has 2 aromatic rings. The van der Waals surface area contributed by atoms with Crippen LogP contribution in [0.25, 0.3) is 0 Å². The van der Waals surface area contributed by atoms with Crippen LogP contribution in [0.5, 0.6) is 0 Å². The molecule has 0 aromatic heterocycles. The summed E-state index contributed by atoms with van der Waals surface area (Å²) in [6, 6.07) is 19.6. The average molecular weight is 392 g/mol. The summed E-state index contributed by atoms with van der Waals surface area (Å²) < 4.78 is 0. The number of anilines is 1. The van der Waals surface area contributed by atoms with E-state index < -0.39 is 0 Å². The summed E-state index contributed by atoms with van der Waals surface area (Å²) in [6.07, 6.45) is 3.30. The van der Waals surface area contributed by atoms with E-state index in [1.807, 2.05) is 60.7 Å². The molecular weight excluding hydrogens is 362 g/mol. The zero-order chi connectivity index (χ0) is 20.5. The SMILES string of the molecule is C=CCN(C(=O)CN1CCC(C(=O)NCc2ccccc2)CC1)c1ccccc1. The van der Waals surface area contributed by atoms with Crippen molar-refractivity contribution in [3.05, 3.63) is 78.9 Å². The van der Waals surface area contributed by atoms with E-state index in [4.69, 9.17) is 0 Å². The minimum Gasteiger partial charge on any atom is -0.352 e. The van der Waals surface area contributed by atoms with E-state index in [2.05, 4.69) is 16.8 Å². The van der Waals surface area contributed by atoms with Gasteiger partial charge in [-0.05, 0) is 43.6 Å². The van der Waals surface area contributed by atoms with Crippen LogP contribution >= 0.6 is 0 Å². The lowest BCUT2D eigenvalue weighted by Crippen LogP contribution is -2.45. The summed E-state index contributed by atoms with van der Waals surface area (Å²) >= 11 is 0. The fourth-order valence-corrected chi connectivity index (χ4v) is 3.65. The van der Waals surface area contributed by atoms with Crippen molar-refractivity contribution in [2.75, 3.05) is 31.1 Å². The molecule has 152 valence electrons. The Hall–Kier alpha value is -2.92. The summed E-state index contributed by atoms with van der Waals surface area (Å²) in [4.78, 5) is 29.2. The van der Waals surface area contributed by atoms with E-state index in [9.17, 15) is 9.59 Å². The first-order valence-electron chi connectivity index (χ1n) is 10.2. The first kappa shape index (κ1) is 20.8. The van der Waals surface area contributed by atoms with Gasteiger partial charge < -0.3 is 10.2 Å². The fourth-order valence-electron chi connectivity index (χ4n) is 3.65. The predicted octanol–water partition coefficient (Wildman–Crippen LogP) is 3.23. The molecule has 0 saturated carbocycles. The Morgan fingerprint density at radius 2 is 1.66 bits per heavy atom. The second-order valence-corrected chi connectivity index (χ2v) is 7.38. The summed E-state index contributed by atoms with van der Waals surface area (Å²) in [7, 11) is 0. The van der Waals surface area contributed by atoms with Gasteiger partial charge in [0, 0.05) is 24.7 Å². The van der Waals surface area contributed by atoms with Crippen molar-refractivity contribution >= 4 is 17.5 Å². The number of hydrogen-bond acceptors (Lipinski definition) is 3. The number of rotatable bonds is 8. The van der Waals surface area contributed by atoms with Crippen molar-refractivity contribution in [1.82, 2.24) is 10.2 Å². The predicted molar refractivity (Wildman–Crippen MR) is 116 cm³/mol. The number of benzene rings is 2. The fraction of sp³-hybridized carbons (Fsp3) is 0.333. The second-order valence-electron chi connectivity index (χ2n) is 7.38. The van der Waals surface area contributed by atoms with E-state index in [0.717, 1.165) is 37.2 Å². The van der Waals surface area contributed by atoms with Crippen LogP contribution in [-0.2, 0) is 16.1 Å². The van der Waals surface area contributed by atoms with Gasteiger partial charge in [-0.2, -0.15) is 0 Å². The Morgan fingerprint density at radius 3 is 2.28 bits per heavy atom. The third-order valence-corrected chi connectivity index (χ3v) is 5.31. The van der Waals surface area contributed by atoms with Gasteiger partial charge in [0.25, 0.3) is 0 Å². The van der Waals surface area contributed by atoms with Crippen LogP contribution < -0.4 is 10.2 Å². The highest BCUT2D eigenvalue weighted by Gasteiger charge is 2.27. The molecule has 1 saturated heterocycles. The summed E-state index contributed by atoms with van der Waals surface area (Å²) in [6.45, 7) is 6.69. The lowest BCUT2D eigenvalue weighted by molar-refractivity contribution is -0.126. The van der Waals surface area contributed by atoms with E-state index in [1.54, 1.807) is 11.0 Å². The largest absolute Gasteiger partial charge is 0.352 e. The van der Waals surface area contributed by atoms with Crippen LogP contribution in [0.3, 0.4) is 0 Å². The summed E-state index contributed by atoms with van der Waals surface area (Å²) in [5, 5.41) is 3.04. The molecule has 0 bridgehead atoms. The molecule has 3 rings (SSSR count). The topological polar surface area (TPSA) is 52.7 Å². The van der Waals surface area contributed by atoms with Crippen LogP contribution in [0.1, 0.15) is 18.4 Å². The molecule has 1 aliphatic rings. The molecular formula is C24H29N3O2. The Balaban J connectivity index is 1.46. The van der Waals surface area contributed by atoms with Gasteiger partial charge in [-0.3, -0.25) is 14.5 Å². The number of hydrogen-bond donors (Lipinski definition) is 1. The number of amides is 2. The molecule has 0 spiro atoms. The van der Waals surface area contributed by atoms with E-state index in [-0.39, 0.29) is 17.7 Å². The van der Waals surface area contributed by atoms with Gasteiger partial charge >= 0.3 is 0 Å².